The molecule has 3 fully saturated rings. The first-order valence-corrected chi connectivity index (χ1v) is 11.7. The number of piperidine rings is 1. The van der Waals surface area contributed by atoms with E-state index in [0.29, 0.717) is 18.0 Å². The van der Waals surface area contributed by atoms with E-state index in [-0.39, 0.29) is 17.5 Å². The molecule has 4 heteroatoms. The van der Waals surface area contributed by atoms with Crippen LogP contribution in [0.1, 0.15) is 57.4 Å². The third-order valence-electron chi connectivity index (χ3n) is 7.88. The van der Waals surface area contributed by atoms with Crippen LogP contribution < -0.4 is 4.74 Å². The lowest BCUT2D eigenvalue weighted by Crippen LogP contribution is -2.48. The first-order chi connectivity index (χ1) is 14.7. The summed E-state index contributed by atoms with van der Waals surface area (Å²) in [4.78, 5) is 15.2. The molecule has 5 atom stereocenters. The number of fused-ring (bicyclic) bond motifs is 3. The van der Waals surface area contributed by atoms with Crippen LogP contribution in [0.2, 0.25) is 0 Å². The minimum Gasteiger partial charge on any atom is -0.497 e. The number of ether oxygens (including phenoxy) is 2. The zero-order valence-corrected chi connectivity index (χ0v) is 18.2. The highest BCUT2D eigenvalue weighted by Crippen LogP contribution is 2.59. The quantitative estimate of drug-likeness (QED) is 0.623. The predicted molar refractivity (Wildman–Crippen MR) is 118 cm³/mol. The molecule has 5 rings (SSSR count). The van der Waals surface area contributed by atoms with Crippen LogP contribution in [0.15, 0.2) is 42.0 Å². The van der Waals surface area contributed by atoms with Gasteiger partial charge in [0.1, 0.15) is 5.75 Å². The lowest BCUT2D eigenvalue weighted by molar-refractivity contribution is -0.149. The summed E-state index contributed by atoms with van der Waals surface area (Å²) in [6, 6.07) is 9.09. The molecule has 2 unspecified atom stereocenters. The van der Waals surface area contributed by atoms with Crippen molar-refractivity contribution in [3.63, 3.8) is 0 Å². The van der Waals surface area contributed by atoms with Gasteiger partial charge in [-0.25, -0.2) is 4.79 Å². The Kier molecular flexibility index (Phi) is 5.22. The zero-order valence-electron chi connectivity index (χ0n) is 18.2. The summed E-state index contributed by atoms with van der Waals surface area (Å²) in [6.07, 6.45) is 14.7. The van der Waals surface area contributed by atoms with Gasteiger partial charge in [0.25, 0.3) is 0 Å². The van der Waals surface area contributed by atoms with Crippen molar-refractivity contribution in [1.29, 1.82) is 0 Å². The summed E-state index contributed by atoms with van der Waals surface area (Å²) >= 11 is 0. The maximum atomic E-state index is 12.5. The summed E-state index contributed by atoms with van der Waals surface area (Å²) in [5.74, 6) is 1.57. The van der Waals surface area contributed by atoms with Gasteiger partial charge in [-0.2, -0.15) is 0 Å². The second kappa shape index (κ2) is 7.88. The van der Waals surface area contributed by atoms with Crippen molar-refractivity contribution in [2.24, 2.45) is 11.8 Å². The van der Waals surface area contributed by atoms with Crippen molar-refractivity contribution < 1.29 is 14.3 Å². The van der Waals surface area contributed by atoms with Crippen LogP contribution in [0.4, 0.5) is 0 Å². The second-order valence-corrected chi connectivity index (χ2v) is 9.40. The Bertz CT molecular complexity index is 858. The fourth-order valence-electron chi connectivity index (χ4n) is 6.59. The van der Waals surface area contributed by atoms with E-state index in [0.717, 1.165) is 25.1 Å². The number of unbranched alkanes of at least 4 members (excludes halogenated alkanes) is 1. The normalized spacial score (nSPS) is 35.1. The number of esters is 1. The van der Waals surface area contributed by atoms with E-state index in [1.165, 1.54) is 43.2 Å². The van der Waals surface area contributed by atoms with Crippen LogP contribution in [-0.2, 0) is 9.53 Å². The van der Waals surface area contributed by atoms with Crippen molar-refractivity contribution in [2.45, 2.75) is 69.6 Å². The molecule has 0 aromatic heterocycles. The smallest absolute Gasteiger partial charge is 0.331 e. The van der Waals surface area contributed by atoms with Gasteiger partial charge >= 0.3 is 5.97 Å². The summed E-state index contributed by atoms with van der Waals surface area (Å²) < 4.78 is 11.4. The molecular weight excluding hydrogens is 374 g/mol. The van der Waals surface area contributed by atoms with Gasteiger partial charge in [0.2, 0.25) is 0 Å². The maximum absolute atomic E-state index is 12.5. The molecule has 30 heavy (non-hydrogen) atoms. The first-order valence-electron chi connectivity index (χ1n) is 11.7. The fourth-order valence-corrected chi connectivity index (χ4v) is 6.59. The lowest BCUT2D eigenvalue weighted by Gasteiger charge is -2.41. The van der Waals surface area contributed by atoms with Crippen LogP contribution in [0.5, 0.6) is 5.75 Å². The van der Waals surface area contributed by atoms with E-state index in [4.69, 9.17) is 9.47 Å². The SMILES string of the molecule is CCCCC1C(/C=C/c2ccc(OC)cc2)C2=CC(=O)O[C@@]23C[C@@H]1N1CCCC[C@@H]13. The number of benzene rings is 1. The van der Waals surface area contributed by atoms with Crippen LogP contribution in [0, 0.1) is 11.8 Å². The summed E-state index contributed by atoms with van der Waals surface area (Å²) in [5.41, 5.74) is 2.05. The highest BCUT2D eigenvalue weighted by molar-refractivity contribution is 5.88. The molecule has 4 aliphatic rings. The van der Waals surface area contributed by atoms with Gasteiger partial charge in [0, 0.05) is 24.5 Å². The molecule has 2 bridgehead atoms. The van der Waals surface area contributed by atoms with E-state index in [9.17, 15) is 4.79 Å². The molecule has 0 N–H and O–H groups in total. The molecule has 3 aliphatic heterocycles. The molecule has 1 spiro atoms. The van der Waals surface area contributed by atoms with Crippen molar-refractivity contribution in [1.82, 2.24) is 4.90 Å². The number of carbonyl (C=O) groups is 1. The standard InChI is InChI=1S/C26H33NO3/c1-3-4-7-21-20(14-11-18-9-12-19(29-2)13-10-18)22-16-25(28)30-26(22)17-23(21)27-15-6-5-8-24(26)27/h9-14,16,20-21,23-24H,3-8,15,17H2,1-2H3/b14-11+/t20?,21?,23-,24+,26-/m0/s1. The minimum absolute atomic E-state index is 0.129. The van der Waals surface area contributed by atoms with Gasteiger partial charge < -0.3 is 9.47 Å². The highest BCUT2D eigenvalue weighted by atomic mass is 16.6. The van der Waals surface area contributed by atoms with Gasteiger partial charge in [0.15, 0.2) is 5.60 Å². The Hall–Kier alpha value is -2.07. The molecule has 3 heterocycles. The molecular formula is C26H33NO3. The number of hydrogen-bond acceptors (Lipinski definition) is 4. The number of methoxy groups -OCH3 is 1. The monoisotopic (exact) mass is 407 g/mol. The van der Waals surface area contributed by atoms with Crippen LogP contribution >= 0.6 is 0 Å². The molecule has 0 radical (unpaired) electrons. The molecule has 1 aromatic carbocycles. The number of rotatable bonds is 6. The highest BCUT2D eigenvalue weighted by Gasteiger charge is 2.65. The first kappa shape index (κ1) is 19.9. The van der Waals surface area contributed by atoms with E-state index in [2.05, 4.69) is 36.1 Å². The van der Waals surface area contributed by atoms with Gasteiger partial charge in [0.05, 0.1) is 13.2 Å². The third-order valence-corrected chi connectivity index (χ3v) is 7.88. The topological polar surface area (TPSA) is 38.8 Å². The molecule has 4 nitrogen and oxygen atoms in total. The average molecular weight is 408 g/mol. The number of allylic oxidation sites excluding steroid dienone is 1. The third kappa shape index (κ3) is 3.11. The number of carbonyl (C=O) groups excluding carboxylic acids is 1. The Balaban J connectivity index is 1.52. The van der Waals surface area contributed by atoms with Crippen molar-refractivity contribution >= 4 is 12.0 Å². The number of hydrogen-bond donors (Lipinski definition) is 0. The van der Waals surface area contributed by atoms with E-state index in [1.54, 1.807) is 7.11 Å². The van der Waals surface area contributed by atoms with Crippen molar-refractivity contribution in [2.75, 3.05) is 13.7 Å². The van der Waals surface area contributed by atoms with Crippen LogP contribution in [0.3, 0.4) is 0 Å². The fraction of sp³-hybridized carbons (Fsp3) is 0.577. The molecule has 1 aliphatic carbocycles. The van der Waals surface area contributed by atoms with Crippen molar-refractivity contribution in [3.8, 4) is 5.75 Å². The largest absolute Gasteiger partial charge is 0.497 e. The summed E-state index contributed by atoms with van der Waals surface area (Å²) in [5, 5.41) is 0. The second-order valence-electron chi connectivity index (χ2n) is 9.40. The predicted octanol–water partition coefficient (Wildman–Crippen LogP) is 4.99. The number of nitrogens with zero attached hydrogens (tertiary/aromatic N) is 1. The van der Waals surface area contributed by atoms with E-state index in [1.807, 2.05) is 18.2 Å². The van der Waals surface area contributed by atoms with Gasteiger partial charge in [-0.3, -0.25) is 4.90 Å². The summed E-state index contributed by atoms with van der Waals surface area (Å²) in [6.45, 7) is 3.43. The van der Waals surface area contributed by atoms with Crippen molar-refractivity contribution in [3.05, 3.63) is 47.6 Å². The lowest BCUT2D eigenvalue weighted by atomic mass is 9.65. The molecule has 1 saturated carbocycles. The molecule has 2 saturated heterocycles. The van der Waals surface area contributed by atoms with Crippen LogP contribution in [-0.4, -0.2) is 42.2 Å². The Morgan fingerprint density at radius 3 is 2.87 bits per heavy atom. The van der Waals surface area contributed by atoms with E-state index >= 15 is 0 Å². The van der Waals surface area contributed by atoms with E-state index < -0.39 is 0 Å². The zero-order chi connectivity index (χ0) is 20.7. The molecule has 1 aromatic rings. The Morgan fingerprint density at radius 2 is 2.10 bits per heavy atom. The summed E-state index contributed by atoms with van der Waals surface area (Å²) in [7, 11) is 1.69. The van der Waals surface area contributed by atoms with Gasteiger partial charge in [-0.1, -0.05) is 50.5 Å². The average Bonchev–Trinajstić information content (AvgIpc) is 3.27. The Labute approximate surface area is 179 Å². The minimum atomic E-state index is -0.375. The van der Waals surface area contributed by atoms with Gasteiger partial charge in [-0.15, -0.1) is 0 Å². The van der Waals surface area contributed by atoms with Gasteiger partial charge in [-0.05, 0) is 55.0 Å². The molecule has 0 amide bonds. The molecule has 160 valence electrons. The Morgan fingerprint density at radius 1 is 1.27 bits per heavy atom. The van der Waals surface area contributed by atoms with Crippen LogP contribution in [0.25, 0.3) is 6.08 Å². The maximum Gasteiger partial charge on any atom is 0.331 e.